The Morgan fingerprint density at radius 1 is 1.50 bits per heavy atom. The molecule has 16 heavy (non-hydrogen) atoms. The molecule has 3 nitrogen and oxygen atoms in total. The van der Waals surface area contributed by atoms with Crippen molar-refractivity contribution in [3.8, 4) is 12.3 Å². The molecule has 0 amide bonds. The third-order valence-corrected chi connectivity index (χ3v) is 2.15. The Morgan fingerprint density at radius 2 is 2.12 bits per heavy atom. The molecular weight excluding hydrogens is 202 g/mol. The van der Waals surface area contributed by atoms with E-state index in [-0.39, 0.29) is 13.0 Å². The van der Waals surface area contributed by atoms with E-state index in [0.717, 1.165) is 5.56 Å². The van der Waals surface area contributed by atoms with Crippen LogP contribution in [-0.4, -0.2) is 11.5 Å². The maximum absolute atomic E-state index is 11.6. The summed E-state index contributed by atoms with van der Waals surface area (Å²) in [6.45, 7) is 1.79. The number of nitrogens with two attached hydrogens (primary N) is 1. The van der Waals surface area contributed by atoms with E-state index in [2.05, 4.69) is 5.92 Å². The summed E-state index contributed by atoms with van der Waals surface area (Å²) in [6.07, 6.45) is 5.29. The molecule has 0 aromatic heterocycles. The van der Waals surface area contributed by atoms with Crippen LogP contribution in [0.4, 0.5) is 0 Å². The molecule has 0 aliphatic carbocycles. The van der Waals surface area contributed by atoms with Crippen LogP contribution < -0.4 is 5.73 Å². The third-order valence-electron chi connectivity index (χ3n) is 2.15. The maximum atomic E-state index is 11.6. The highest BCUT2D eigenvalue weighted by atomic mass is 16.5. The van der Waals surface area contributed by atoms with Crippen LogP contribution in [0.2, 0.25) is 0 Å². The first kappa shape index (κ1) is 12.3. The highest BCUT2D eigenvalue weighted by Crippen LogP contribution is 2.09. The number of esters is 1. The molecule has 1 aromatic carbocycles. The summed E-state index contributed by atoms with van der Waals surface area (Å²) >= 11 is 0. The summed E-state index contributed by atoms with van der Waals surface area (Å²) in [5.74, 6) is 1.88. The normalized spacial score (nSPS) is 13.6. The van der Waals surface area contributed by atoms with E-state index < -0.39 is 11.5 Å². The van der Waals surface area contributed by atoms with Crippen molar-refractivity contribution in [1.82, 2.24) is 0 Å². The Kier molecular flexibility index (Phi) is 4.10. The lowest BCUT2D eigenvalue weighted by molar-refractivity contribution is -0.150. The number of rotatable bonds is 4. The molecule has 2 N–H and O–H groups in total. The second-order valence-electron chi connectivity index (χ2n) is 3.86. The van der Waals surface area contributed by atoms with Crippen LogP contribution >= 0.6 is 0 Å². The Labute approximate surface area is 95.6 Å². The Bertz CT molecular complexity index is 390. The zero-order valence-electron chi connectivity index (χ0n) is 9.27. The van der Waals surface area contributed by atoms with Gasteiger partial charge in [0.1, 0.15) is 12.1 Å². The van der Waals surface area contributed by atoms with Crippen molar-refractivity contribution >= 4 is 5.97 Å². The average molecular weight is 217 g/mol. The zero-order valence-corrected chi connectivity index (χ0v) is 9.27. The number of benzene rings is 1. The van der Waals surface area contributed by atoms with Crippen molar-refractivity contribution < 1.29 is 9.53 Å². The average Bonchev–Trinajstić information content (AvgIpc) is 2.27. The van der Waals surface area contributed by atoms with E-state index in [9.17, 15) is 4.79 Å². The van der Waals surface area contributed by atoms with Crippen LogP contribution in [0.25, 0.3) is 0 Å². The van der Waals surface area contributed by atoms with Gasteiger partial charge in [-0.3, -0.25) is 4.79 Å². The van der Waals surface area contributed by atoms with Gasteiger partial charge in [-0.2, -0.15) is 0 Å². The van der Waals surface area contributed by atoms with Crippen molar-refractivity contribution in [2.24, 2.45) is 5.73 Å². The molecule has 0 aliphatic rings. The molecule has 0 aliphatic heterocycles. The van der Waals surface area contributed by atoms with E-state index in [1.165, 1.54) is 0 Å². The van der Waals surface area contributed by atoms with E-state index in [0.29, 0.717) is 0 Å². The molecule has 1 atom stereocenters. The van der Waals surface area contributed by atoms with Crippen molar-refractivity contribution in [3.63, 3.8) is 0 Å². The van der Waals surface area contributed by atoms with Crippen LogP contribution in [0.15, 0.2) is 30.3 Å². The van der Waals surface area contributed by atoms with Gasteiger partial charge in [-0.15, -0.1) is 12.3 Å². The fourth-order valence-electron chi connectivity index (χ4n) is 1.17. The Hall–Kier alpha value is -1.79. The lowest BCUT2D eigenvalue weighted by Crippen LogP contribution is -2.45. The molecule has 0 spiro atoms. The number of ether oxygens (including phenoxy) is 1. The summed E-state index contributed by atoms with van der Waals surface area (Å²) in [7, 11) is 0. The predicted molar refractivity (Wildman–Crippen MR) is 62.3 cm³/mol. The third kappa shape index (κ3) is 3.41. The second-order valence-corrected chi connectivity index (χ2v) is 3.86. The van der Waals surface area contributed by atoms with E-state index >= 15 is 0 Å². The van der Waals surface area contributed by atoms with Gasteiger partial charge >= 0.3 is 5.97 Å². The predicted octanol–water partition coefficient (Wildman–Crippen LogP) is 1.47. The largest absolute Gasteiger partial charge is 0.459 e. The maximum Gasteiger partial charge on any atom is 0.327 e. The molecule has 0 radical (unpaired) electrons. The molecule has 0 saturated carbocycles. The van der Waals surface area contributed by atoms with Gasteiger partial charge in [-0.25, -0.2) is 0 Å². The van der Waals surface area contributed by atoms with Crippen molar-refractivity contribution in [2.75, 3.05) is 0 Å². The minimum absolute atomic E-state index is 0.167. The van der Waals surface area contributed by atoms with Gasteiger partial charge < -0.3 is 10.5 Å². The van der Waals surface area contributed by atoms with Gasteiger partial charge in [-0.05, 0) is 12.5 Å². The summed E-state index contributed by atoms with van der Waals surface area (Å²) in [5.41, 5.74) is 5.53. The SMILES string of the molecule is C#CC[C@@](C)(N)C(=O)OCc1ccccc1. The molecule has 0 saturated heterocycles. The monoisotopic (exact) mass is 217 g/mol. The van der Waals surface area contributed by atoms with Crippen molar-refractivity contribution in [2.45, 2.75) is 25.5 Å². The van der Waals surface area contributed by atoms with Crippen LogP contribution in [-0.2, 0) is 16.1 Å². The summed E-state index contributed by atoms with van der Waals surface area (Å²) in [5, 5.41) is 0. The fraction of sp³-hybridized carbons (Fsp3) is 0.308. The molecule has 0 bridgehead atoms. The molecule has 0 unspecified atom stereocenters. The van der Waals surface area contributed by atoms with E-state index in [1.54, 1.807) is 6.92 Å². The molecular formula is C13H15NO2. The standard InChI is InChI=1S/C13H15NO2/c1-3-9-13(2,14)12(15)16-10-11-7-5-4-6-8-11/h1,4-8H,9-10,14H2,2H3/t13-/m1/s1. The van der Waals surface area contributed by atoms with E-state index in [1.807, 2.05) is 30.3 Å². The molecule has 3 heteroatoms. The first-order chi connectivity index (χ1) is 7.56. The van der Waals surface area contributed by atoms with Crippen molar-refractivity contribution in [3.05, 3.63) is 35.9 Å². The minimum Gasteiger partial charge on any atom is -0.459 e. The van der Waals surface area contributed by atoms with Gasteiger partial charge in [0, 0.05) is 6.42 Å². The molecule has 0 heterocycles. The number of carbonyl (C=O) groups excluding carboxylic acids is 1. The molecule has 1 rings (SSSR count). The second kappa shape index (κ2) is 5.34. The van der Waals surface area contributed by atoms with Crippen molar-refractivity contribution in [1.29, 1.82) is 0 Å². The minimum atomic E-state index is -1.11. The lowest BCUT2D eigenvalue weighted by atomic mass is 10.0. The van der Waals surface area contributed by atoms with Crippen LogP contribution in [0.1, 0.15) is 18.9 Å². The first-order valence-corrected chi connectivity index (χ1v) is 5.00. The van der Waals surface area contributed by atoms with Gasteiger partial charge in [0.05, 0.1) is 0 Å². The highest BCUT2D eigenvalue weighted by Gasteiger charge is 2.28. The first-order valence-electron chi connectivity index (χ1n) is 5.00. The molecule has 84 valence electrons. The zero-order chi connectivity index (χ0) is 12.0. The summed E-state index contributed by atoms with van der Waals surface area (Å²) in [6, 6.07) is 9.42. The number of carbonyl (C=O) groups is 1. The number of terminal acetylenes is 1. The molecule has 1 aromatic rings. The van der Waals surface area contributed by atoms with Gasteiger partial charge in [0.25, 0.3) is 0 Å². The Balaban J connectivity index is 2.51. The van der Waals surface area contributed by atoms with Crippen LogP contribution in [0.3, 0.4) is 0 Å². The van der Waals surface area contributed by atoms with Crippen LogP contribution in [0, 0.1) is 12.3 Å². The summed E-state index contributed by atoms with van der Waals surface area (Å²) < 4.78 is 5.09. The van der Waals surface area contributed by atoms with Gasteiger partial charge in [-0.1, -0.05) is 30.3 Å². The number of hydrogen-bond donors (Lipinski definition) is 1. The summed E-state index contributed by atoms with van der Waals surface area (Å²) in [4.78, 5) is 11.6. The lowest BCUT2D eigenvalue weighted by Gasteiger charge is -2.19. The quantitative estimate of drug-likeness (QED) is 0.613. The number of hydrogen-bond acceptors (Lipinski definition) is 3. The van der Waals surface area contributed by atoms with E-state index in [4.69, 9.17) is 16.9 Å². The van der Waals surface area contributed by atoms with Crippen LogP contribution in [0.5, 0.6) is 0 Å². The van der Waals surface area contributed by atoms with Gasteiger partial charge in [0.15, 0.2) is 0 Å². The fourth-order valence-corrected chi connectivity index (χ4v) is 1.17. The van der Waals surface area contributed by atoms with Gasteiger partial charge in [0.2, 0.25) is 0 Å². The highest BCUT2D eigenvalue weighted by molar-refractivity contribution is 5.80. The smallest absolute Gasteiger partial charge is 0.327 e. The Morgan fingerprint density at radius 3 is 2.69 bits per heavy atom. The topological polar surface area (TPSA) is 52.3 Å². The molecule has 0 fully saturated rings.